The predicted molar refractivity (Wildman–Crippen MR) is 115 cm³/mol. The Kier molecular flexibility index (Phi) is 6.49. The maximum Gasteiger partial charge on any atom is 0.339 e. The molecular weight excluding hydrogens is 422 g/mol. The number of sulfonamides is 1. The van der Waals surface area contributed by atoms with E-state index < -0.39 is 21.9 Å². The summed E-state index contributed by atoms with van der Waals surface area (Å²) in [4.78, 5) is 39.1. The summed E-state index contributed by atoms with van der Waals surface area (Å²) in [6, 6.07) is 7.34. The number of amides is 1. The largest absolute Gasteiger partial charge is 0.465 e. The molecule has 0 unspecified atom stereocenters. The minimum absolute atomic E-state index is 0.0767. The predicted octanol–water partition coefficient (Wildman–Crippen LogP) is 1.36. The second-order valence-corrected chi connectivity index (χ2v) is 9.33. The van der Waals surface area contributed by atoms with Gasteiger partial charge in [0.15, 0.2) is 5.78 Å². The van der Waals surface area contributed by atoms with Crippen LogP contribution in [-0.4, -0.2) is 57.0 Å². The number of ketones is 1. The van der Waals surface area contributed by atoms with Gasteiger partial charge in [-0.25, -0.2) is 13.2 Å². The van der Waals surface area contributed by atoms with Gasteiger partial charge in [-0.2, -0.15) is 0 Å². The van der Waals surface area contributed by atoms with Crippen LogP contribution < -0.4 is 9.62 Å². The molecule has 9 nitrogen and oxygen atoms in total. The molecule has 2 N–H and O–H groups in total. The first kappa shape index (κ1) is 22.5. The van der Waals surface area contributed by atoms with Crippen molar-refractivity contribution >= 4 is 33.4 Å². The normalized spacial score (nSPS) is 13.1. The molecule has 0 spiro atoms. The summed E-state index contributed by atoms with van der Waals surface area (Å²) in [6.07, 6.45) is 0.438. The van der Waals surface area contributed by atoms with Gasteiger partial charge < -0.3 is 15.0 Å². The van der Waals surface area contributed by atoms with E-state index in [1.165, 1.54) is 18.3 Å². The molecule has 1 aliphatic heterocycles. The lowest BCUT2D eigenvalue weighted by molar-refractivity contribution is -0.120. The third-order valence-electron chi connectivity index (χ3n) is 5.27. The van der Waals surface area contributed by atoms with Crippen molar-refractivity contribution in [2.75, 3.05) is 30.3 Å². The van der Waals surface area contributed by atoms with Crippen LogP contribution in [0.1, 0.15) is 44.6 Å². The number of nitrogens with zero attached hydrogens (tertiary/aromatic N) is 1. The van der Waals surface area contributed by atoms with E-state index in [2.05, 4.69) is 10.3 Å². The summed E-state index contributed by atoms with van der Waals surface area (Å²) in [5.41, 5.74) is 2.70. The van der Waals surface area contributed by atoms with Gasteiger partial charge in [0, 0.05) is 25.7 Å². The molecule has 0 atom stereocenters. The highest BCUT2D eigenvalue weighted by Gasteiger charge is 2.29. The Morgan fingerprint density at radius 1 is 1.23 bits per heavy atom. The molecule has 0 saturated carbocycles. The Hall–Kier alpha value is -3.14. The Bertz CT molecular complexity index is 1140. The molecule has 10 heteroatoms. The lowest BCUT2D eigenvalue weighted by Gasteiger charge is -2.19. The number of carbonyl (C=O) groups excluding carboxylic acids is 3. The second-order valence-electron chi connectivity index (χ2n) is 7.32. The van der Waals surface area contributed by atoms with Crippen molar-refractivity contribution in [1.82, 2.24) is 10.3 Å². The van der Waals surface area contributed by atoms with Gasteiger partial charge in [0.2, 0.25) is 15.9 Å². The van der Waals surface area contributed by atoms with Crippen LogP contribution in [0.2, 0.25) is 0 Å². The number of H-pyrrole nitrogens is 1. The Balaban J connectivity index is 1.64. The number of fused-ring (bicyclic) bond motifs is 1. The molecule has 31 heavy (non-hydrogen) atoms. The third-order valence-corrected chi connectivity index (χ3v) is 7.04. The Morgan fingerprint density at radius 2 is 1.94 bits per heavy atom. The monoisotopic (exact) mass is 447 g/mol. The summed E-state index contributed by atoms with van der Waals surface area (Å²) in [5.74, 6) is -1.65. The Labute approximate surface area is 180 Å². The number of carbonyl (C=O) groups is 3. The first-order valence-corrected chi connectivity index (χ1v) is 11.4. The van der Waals surface area contributed by atoms with Gasteiger partial charge in [-0.1, -0.05) is 18.2 Å². The number of hydrogen-bond donors (Lipinski definition) is 2. The average Bonchev–Trinajstić information content (AvgIpc) is 3.29. The smallest absolute Gasteiger partial charge is 0.339 e. The third kappa shape index (κ3) is 4.63. The molecule has 1 amide bonds. The number of esters is 1. The average molecular weight is 448 g/mol. The molecular formula is C21H25N3O6S. The lowest BCUT2D eigenvalue weighted by atomic mass is 10.1. The van der Waals surface area contributed by atoms with Gasteiger partial charge in [-0.15, -0.1) is 0 Å². The van der Waals surface area contributed by atoms with Crippen molar-refractivity contribution < 1.29 is 27.5 Å². The van der Waals surface area contributed by atoms with Crippen LogP contribution in [0.15, 0.2) is 24.3 Å². The van der Waals surface area contributed by atoms with Crippen LogP contribution in [0.25, 0.3) is 0 Å². The lowest BCUT2D eigenvalue weighted by Crippen LogP contribution is -2.37. The number of methoxy groups -OCH3 is 1. The van der Waals surface area contributed by atoms with Gasteiger partial charge in [-0.3, -0.25) is 13.9 Å². The van der Waals surface area contributed by atoms with E-state index in [0.717, 1.165) is 5.56 Å². The zero-order chi connectivity index (χ0) is 22.8. The minimum Gasteiger partial charge on any atom is -0.465 e. The van der Waals surface area contributed by atoms with Gasteiger partial charge in [0.25, 0.3) is 0 Å². The van der Waals surface area contributed by atoms with E-state index in [1.54, 1.807) is 19.1 Å². The highest BCUT2D eigenvalue weighted by atomic mass is 32.2. The maximum atomic E-state index is 12.7. The molecule has 0 radical (unpaired) electrons. The fourth-order valence-corrected chi connectivity index (χ4v) is 5.20. The van der Waals surface area contributed by atoms with Crippen LogP contribution in [-0.2, 0) is 32.4 Å². The molecule has 0 bridgehead atoms. The summed E-state index contributed by atoms with van der Waals surface area (Å²) < 4.78 is 31.6. The Morgan fingerprint density at radius 3 is 2.61 bits per heavy atom. The van der Waals surface area contributed by atoms with Crippen molar-refractivity contribution in [2.24, 2.45) is 0 Å². The van der Waals surface area contributed by atoms with Crippen LogP contribution in [0.5, 0.6) is 0 Å². The SMILES string of the molecule is COC(=O)c1c(CC(=O)NCCS(=O)(=O)N2CCc3ccccc32)[nH]c(C(C)=O)c1C. The van der Waals surface area contributed by atoms with Gasteiger partial charge in [0.1, 0.15) is 0 Å². The van der Waals surface area contributed by atoms with Gasteiger partial charge in [0.05, 0.1) is 36.2 Å². The first-order chi connectivity index (χ1) is 14.7. The van der Waals surface area contributed by atoms with E-state index in [1.807, 2.05) is 12.1 Å². The van der Waals surface area contributed by atoms with Gasteiger partial charge in [-0.05, 0) is 30.5 Å². The van der Waals surface area contributed by atoms with Crippen LogP contribution in [0.4, 0.5) is 5.69 Å². The van der Waals surface area contributed by atoms with E-state index in [4.69, 9.17) is 4.74 Å². The number of para-hydroxylation sites is 1. The molecule has 0 aliphatic carbocycles. The molecule has 1 aromatic carbocycles. The van der Waals surface area contributed by atoms with Crippen LogP contribution in [0.3, 0.4) is 0 Å². The number of aromatic amines is 1. The number of nitrogens with one attached hydrogen (secondary N) is 2. The van der Waals surface area contributed by atoms with E-state index in [0.29, 0.717) is 24.2 Å². The zero-order valence-electron chi connectivity index (χ0n) is 17.6. The molecule has 166 valence electrons. The number of rotatable bonds is 8. The summed E-state index contributed by atoms with van der Waals surface area (Å²) in [5, 5.41) is 2.57. The van der Waals surface area contributed by atoms with Crippen LogP contribution >= 0.6 is 0 Å². The minimum atomic E-state index is -3.59. The standard InChI is InChI=1S/C21H25N3O6S/c1-13-19(21(27)30-3)16(23-20(13)14(2)25)12-18(26)22-9-11-31(28,29)24-10-8-15-6-4-5-7-17(15)24/h4-7,23H,8-12H2,1-3H3,(H,22,26). The summed E-state index contributed by atoms with van der Waals surface area (Å²) >= 11 is 0. The number of Topliss-reactive ketones (excluding diaryl/α,β-unsaturated/α-hetero) is 1. The highest BCUT2D eigenvalue weighted by Crippen LogP contribution is 2.29. The molecule has 3 rings (SSSR count). The highest BCUT2D eigenvalue weighted by molar-refractivity contribution is 7.92. The van der Waals surface area contributed by atoms with E-state index in [-0.39, 0.29) is 41.5 Å². The fourth-order valence-electron chi connectivity index (χ4n) is 3.77. The molecule has 2 aromatic rings. The fraction of sp³-hybridized carbons (Fsp3) is 0.381. The van der Waals surface area contributed by atoms with Crippen molar-refractivity contribution in [1.29, 1.82) is 0 Å². The molecule has 1 aliphatic rings. The molecule has 2 heterocycles. The second kappa shape index (κ2) is 8.93. The number of benzene rings is 1. The van der Waals surface area contributed by atoms with Crippen molar-refractivity contribution in [3.63, 3.8) is 0 Å². The first-order valence-electron chi connectivity index (χ1n) is 9.81. The van der Waals surface area contributed by atoms with E-state index in [9.17, 15) is 22.8 Å². The molecule has 0 saturated heterocycles. The van der Waals surface area contributed by atoms with Crippen molar-refractivity contribution in [3.05, 3.63) is 52.3 Å². The van der Waals surface area contributed by atoms with E-state index >= 15 is 0 Å². The molecule has 1 aromatic heterocycles. The summed E-state index contributed by atoms with van der Waals surface area (Å²) in [7, 11) is -2.37. The summed E-state index contributed by atoms with van der Waals surface area (Å²) in [6.45, 7) is 3.26. The van der Waals surface area contributed by atoms with Crippen molar-refractivity contribution in [2.45, 2.75) is 26.7 Å². The number of aromatic nitrogens is 1. The zero-order valence-corrected chi connectivity index (χ0v) is 18.5. The number of hydrogen-bond acceptors (Lipinski definition) is 6. The molecule has 0 fully saturated rings. The van der Waals surface area contributed by atoms with Crippen molar-refractivity contribution in [3.8, 4) is 0 Å². The maximum absolute atomic E-state index is 12.7. The van der Waals surface area contributed by atoms with Crippen LogP contribution in [0, 0.1) is 6.92 Å². The topological polar surface area (TPSA) is 126 Å². The number of ether oxygens (including phenoxy) is 1. The van der Waals surface area contributed by atoms with Gasteiger partial charge >= 0.3 is 5.97 Å². The quantitative estimate of drug-likeness (QED) is 0.465. The number of anilines is 1.